The van der Waals surface area contributed by atoms with E-state index in [1.807, 2.05) is 12.1 Å². The van der Waals surface area contributed by atoms with E-state index in [9.17, 15) is 0 Å². The summed E-state index contributed by atoms with van der Waals surface area (Å²) in [6, 6.07) is 6.51. The van der Waals surface area contributed by atoms with Crippen LogP contribution in [0.25, 0.3) is 0 Å². The van der Waals surface area contributed by atoms with E-state index in [1.165, 1.54) is 9.26 Å². The maximum absolute atomic E-state index is 5.68. The van der Waals surface area contributed by atoms with Gasteiger partial charge in [0.25, 0.3) is 0 Å². The smallest absolute Gasteiger partial charge is 0.0503 e. The lowest BCUT2D eigenvalue weighted by Crippen LogP contribution is -2.26. The Hall–Kier alpha value is -0.450. The van der Waals surface area contributed by atoms with E-state index in [2.05, 4.69) is 54.5 Å². The Bertz CT molecular complexity index is 297. The van der Waals surface area contributed by atoms with Crippen molar-refractivity contribution in [3.63, 3.8) is 0 Å². The van der Waals surface area contributed by atoms with Crippen LogP contribution < -0.4 is 10.6 Å². The van der Waals surface area contributed by atoms with Gasteiger partial charge in [0.2, 0.25) is 0 Å². The molecule has 2 N–H and O–H groups in total. The van der Waals surface area contributed by atoms with Crippen LogP contribution in [0.5, 0.6) is 0 Å². The third kappa shape index (κ3) is 2.49. The van der Waals surface area contributed by atoms with E-state index in [1.54, 1.807) is 0 Å². The molecule has 0 spiro atoms. The second-order valence-electron chi connectivity index (χ2n) is 3.42. The Morgan fingerprint density at radius 1 is 1.38 bits per heavy atom. The molecule has 0 aliphatic heterocycles. The molecule has 72 valence electrons. The van der Waals surface area contributed by atoms with Crippen molar-refractivity contribution in [3.05, 3.63) is 21.8 Å². The number of rotatable bonds is 2. The molecule has 1 aromatic rings. The molecule has 0 saturated heterocycles. The zero-order valence-corrected chi connectivity index (χ0v) is 10.4. The van der Waals surface area contributed by atoms with Gasteiger partial charge >= 0.3 is 0 Å². The lowest BCUT2D eigenvalue weighted by Gasteiger charge is -2.25. The summed E-state index contributed by atoms with van der Waals surface area (Å²) in [7, 11) is 2.10. The molecule has 3 heteroatoms. The number of nitrogens with zero attached hydrogens (tertiary/aromatic N) is 1. The van der Waals surface area contributed by atoms with Crippen molar-refractivity contribution in [3.8, 4) is 0 Å². The van der Waals surface area contributed by atoms with Crippen LogP contribution in [0, 0.1) is 3.57 Å². The summed E-state index contributed by atoms with van der Waals surface area (Å²) in [5, 5.41) is 0. The number of anilines is 2. The summed E-state index contributed by atoms with van der Waals surface area (Å²) in [4.78, 5) is 2.24. The van der Waals surface area contributed by atoms with Gasteiger partial charge in [-0.15, -0.1) is 0 Å². The number of hydrogen-bond donors (Lipinski definition) is 1. The molecule has 0 fully saturated rings. The molecule has 2 nitrogen and oxygen atoms in total. The van der Waals surface area contributed by atoms with Crippen molar-refractivity contribution in [2.24, 2.45) is 0 Å². The van der Waals surface area contributed by atoms with E-state index >= 15 is 0 Å². The normalized spacial score (nSPS) is 10.5. The number of hydrogen-bond acceptors (Lipinski definition) is 2. The maximum Gasteiger partial charge on any atom is 0.0503 e. The predicted molar refractivity (Wildman–Crippen MR) is 67.1 cm³/mol. The van der Waals surface area contributed by atoms with E-state index < -0.39 is 0 Å². The average molecular weight is 290 g/mol. The zero-order chi connectivity index (χ0) is 10.0. The number of halogens is 1. The largest absolute Gasteiger partial charge is 0.399 e. The molecule has 0 aliphatic rings. The van der Waals surface area contributed by atoms with Gasteiger partial charge in [0, 0.05) is 22.3 Å². The fourth-order valence-corrected chi connectivity index (χ4v) is 2.01. The highest BCUT2D eigenvalue weighted by Gasteiger charge is 2.08. The fraction of sp³-hybridized carbons (Fsp3) is 0.400. The van der Waals surface area contributed by atoms with Gasteiger partial charge < -0.3 is 10.6 Å². The van der Waals surface area contributed by atoms with E-state index in [4.69, 9.17) is 5.73 Å². The first-order chi connectivity index (χ1) is 6.02. The van der Waals surface area contributed by atoms with Gasteiger partial charge in [-0.05, 0) is 54.6 Å². The van der Waals surface area contributed by atoms with Crippen LogP contribution in [0.15, 0.2) is 18.2 Å². The minimum Gasteiger partial charge on any atom is -0.399 e. The molecule has 13 heavy (non-hydrogen) atoms. The first kappa shape index (κ1) is 10.6. The molecule has 0 amide bonds. The van der Waals surface area contributed by atoms with Crippen LogP contribution in [0.1, 0.15) is 13.8 Å². The standard InChI is InChI=1S/C10H15IN2/c1-7(2)13(3)10-5-4-8(12)6-9(10)11/h4-7H,12H2,1-3H3. The van der Waals surface area contributed by atoms with Crippen LogP contribution in [0.3, 0.4) is 0 Å². The van der Waals surface area contributed by atoms with Gasteiger partial charge in [-0.2, -0.15) is 0 Å². The third-order valence-corrected chi connectivity index (χ3v) is 2.99. The monoisotopic (exact) mass is 290 g/mol. The van der Waals surface area contributed by atoms with Crippen molar-refractivity contribution in [2.45, 2.75) is 19.9 Å². The van der Waals surface area contributed by atoms with Crippen molar-refractivity contribution >= 4 is 34.0 Å². The van der Waals surface area contributed by atoms with Gasteiger partial charge in [0.05, 0.1) is 5.69 Å². The Labute approximate surface area is 93.3 Å². The third-order valence-electron chi connectivity index (χ3n) is 2.13. The van der Waals surface area contributed by atoms with Crippen LogP contribution in [0.4, 0.5) is 11.4 Å². The van der Waals surface area contributed by atoms with Gasteiger partial charge in [-0.1, -0.05) is 0 Å². The second-order valence-corrected chi connectivity index (χ2v) is 4.58. The molecule has 1 aromatic carbocycles. The molecule has 0 radical (unpaired) electrons. The van der Waals surface area contributed by atoms with Gasteiger partial charge in [-0.3, -0.25) is 0 Å². The van der Waals surface area contributed by atoms with Gasteiger partial charge in [0.15, 0.2) is 0 Å². The molecule has 0 aromatic heterocycles. The van der Waals surface area contributed by atoms with Crippen LogP contribution in [-0.4, -0.2) is 13.1 Å². The molecule has 0 saturated carbocycles. The molecule has 0 unspecified atom stereocenters. The summed E-state index contributed by atoms with van der Waals surface area (Å²) in [5.41, 5.74) is 7.75. The summed E-state index contributed by atoms with van der Waals surface area (Å²) in [6.07, 6.45) is 0. The predicted octanol–water partition coefficient (Wildman–Crippen LogP) is 2.72. The fourth-order valence-electron chi connectivity index (χ4n) is 1.09. The first-order valence-corrected chi connectivity index (χ1v) is 5.38. The lowest BCUT2D eigenvalue weighted by atomic mass is 10.2. The van der Waals surface area contributed by atoms with Crippen LogP contribution in [-0.2, 0) is 0 Å². The van der Waals surface area contributed by atoms with Crippen molar-refractivity contribution in [2.75, 3.05) is 17.7 Å². The molecular weight excluding hydrogens is 275 g/mol. The minimum absolute atomic E-state index is 0.511. The molecule has 0 aliphatic carbocycles. The Morgan fingerprint density at radius 2 is 2.00 bits per heavy atom. The van der Waals surface area contributed by atoms with E-state index in [-0.39, 0.29) is 0 Å². The maximum atomic E-state index is 5.68. The number of nitrogen functional groups attached to an aromatic ring is 1. The topological polar surface area (TPSA) is 29.3 Å². The highest BCUT2D eigenvalue weighted by atomic mass is 127. The van der Waals surface area contributed by atoms with Crippen LogP contribution >= 0.6 is 22.6 Å². The van der Waals surface area contributed by atoms with Gasteiger partial charge in [0.1, 0.15) is 0 Å². The highest BCUT2D eigenvalue weighted by molar-refractivity contribution is 14.1. The Kier molecular flexibility index (Phi) is 3.41. The van der Waals surface area contributed by atoms with E-state index in [0.717, 1.165) is 5.69 Å². The van der Waals surface area contributed by atoms with Gasteiger partial charge in [-0.25, -0.2) is 0 Å². The summed E-state index contributed by atoms with van der Waals surface area (Å²) in [5.74, 6) is 0. The first-order valence-electron chi connectivity index (χ1n) is 4.30. The zero-order valence-electron chi connectivity index (χ0n) is 8.21. The van der Waals surface area contributed by atoms with Crippen LogP contribution in [0.2, 0.25) is 0 Å². The summed E-state index contributed by atoms with van der Waals surface area (Å²) in [6.45, 7) is 4.35. The average Bonchev–Trinajstić information content (AvgIpc) is 2.03. The quantitative estimate of drug-likeness (QED) is 0.670. The number of nitrogens with two attached hydrogens (primary N) is 1. The molecule has 1 rings (SSSR count). The Morgan fingerprint density at radius 3 is 2.46 bits per heavy atom. The SMILES string of the molecule is CC(C)N(C)c1ccc(N)cc1I. The minimum atomic E-state index is 0.511. The van der Waals surface area contributed by atoms with E-state index in [0.29, 0.717) is 6.04 Å². The number of benzene rings is 1. The second kappa shape index (κ2) is 4.17. The highest BCUT2D eigenvalue weighted by Crippen LogP contribution is 2.24. The molecule has 0 heterocycles. The van der Waals surface area contributed by atoms with Crippen molar-refractivity contribution < 1.29 is 0 Å². The Balaban J connectivity index is 3.01. The molecule has 0 bridgehead atoms. The summed E-state index contributed by atoms with van der Waals surface area (Å²) < 4.78 is 1.20. The van der Waals surface area contributed by atoms with Crippen molar-refractivity contribution in [1.29, 1.82) is 0 Å². The molecule has 0 atom stereocenters. The van der Waals surface area contributed by atoms with Crippen molar-refractivity contribution in [1.82, 2.24) is 0 Å². The lowest BCUT2D eigenvalue weighted by molar-refractivity contribution is 0.753. The molecular formula is C10H15IN2. The summed E-state index contributed by atoms with van der Waals surface area (Å²) >= 11 is 2.31.